The van der Waals surface area contributed by atoms with E-state index in [9.17, 15) is 0 Å². The largest absolute Gasteiger partial charge is 0.373 e. The van der Waals surface area contributed by atoms with E-state index in [0.717, 1.165) is 19.6 Å². The van der Waals surface area contributed by atoms with Crippen LogP contribution < -0.4 is 9.13 Å². The summed E-state index contributed by atoms with van der Waals surface area (Å²) >= 11 is 0. The summed E-state index contributed by atoms with van der Waals surface area (Å²) in [5.74, 6) is 2.78. The molecule has 0 spiro atoms. The first-order chi connectivity index (χ1) is 17.2. The Kier molecular flexibility index (Phi) is 15.8. The van der Waals surface area contributed by atoms with Crippen molar-refractivity contribution >= 4 is 0 Å². The summed E-state index contributed by atoms with van der Waals surface area (Å²) in [6, 6.07) is 0. The molecular weight excluding hydrogens is 428 g/mol. The Labute approximate surface area is 217 Å². The normalized spacial score (nSPS) is 11.5. The minimum absolute atomic E-state index is 1.13. The maximum atomic E-state index is 2.55. The molecule has 2 aromatic heterocycles. The highest BCUT2D eigenvalue weighted by Gasteiger charge is 2.31. The van der Waals surface area contributed by atoms with Gasteiger partial charge in [-0.15, -0.1) is 0 Å². The Morgan fingerprint density at radius 3 is 1.49 bits per heavy atom. The number of rotatable bonds is 22. The van der Waals surface area contributed by atoms with E-state index in [2.05, 4.69) is 70.9 Å². The van der Waals surface area contributed by atoms with Gasteiger partial charge in [0.05, 0.1) is 26.7 Å². The topological polar surface area (TPSA) is 17.6 Å². The molecule has 0 aromatic carbocycles. The van der Waals surface area contributed by atoms with E-state index in [1.165, 1.54) is 127 Å². The van der Waals surface area contributed by atoms with Crippen LogP contribution in [0, 0.1) is 0 Å². The van der Waals surface area contributed by atoms with Gasteiger partial charge in [0.25, 0.3) is 0 Å². The lowest BCUT2D eigenvalue weighted by Crippen LogP contribution is -2.41. The highest BCUT2D eigenvalue weighted by Crippen LogP contribution is 2.17. The van der Waals surface area contributed by atoms with Gasteiger partial charge in [-0.1, -0.05) is 97.8 Å². The third-order valence-electron chi connectivity index (χ3n) is 7.50. The van der Waals surface area contributed by atoms with Crippen molar-refractivity contribution in [3.63, 3.8) is 0 Å². The Bertz CT molecular complexity index is 740. The first kappa shape index (κ1) is 29.6. The number of hydrogen-bond acceptors (Lipinski definition) is 0. The van der Waals surface area contributed by atoms with Crippen molar-refractivity contribution in [1.82, 2.24) is 9.13 Å². The lowest BCUT2D eigenvalue weighted by molar-refractivity contribution is -0.705. The molecule has 0 saturated heterocycles. The smallest absolute Gasteiger partial charge is 0.226 e. The fourth-order valence-electron chi connectivity index (χ4n) is 5.26. The minimum Gasteiger partial charge on any atom is -0.226 e. The van der Waals surface area contributed by atoms with E-state index in [1.54, 1.807) is 0 Å². The third kappa shape index (κ3) is 10.9. The first-order valence-corrected chi connectivity index (χ1v) is 15.4. The summed E-state index contributed by atoms with van der Waals surface area (Å²) in [5, 5.41) is 0. The van der Waals surface area contributed by atoms with Gasteiger partial charge in [0.1, 0.15) is 24.8 Å². The molecule has 35 heavy (non-hydrogen) atoms. The van der Waals surface area contributed by atoms with Gasteiger partial charge in [0.15, 0.2) is 0 Å². The molecule has 4 heteroatoms. The maximum absolute atomic E-state index is 2.55. The van der Waals surface area contributed by atoms with E-state index < -0.39 is 0 Å². The summed E-state index contributed by atoms with van der Waals surface area (Å²) in [5.41, 5.74) is 0. The van der Waals surface area contributed by atoms with Crippen molar-refractivity contribution in [3.8, 4) is 11.6 Å². The van der Waals surface area contributed by atoms with Crippen LogP contribution in [0.2, 0.25) is 0 Å². The Hall–Kier alpha value is -1.58. The summed E-state index contributed by atoms with van der Waals surface area (Å²) in [4.78, 5) is 0. The van der Waals surface area contributed by atoms with Gasteiger partial charge in [-0.2, -0.15) is 0 Å². The number of imidazole rings is 2. The van der Waals surface area contributed by atoms with E-state index in [0.29, 0.717) is 0 Å². The van der Waals surface area contributed by atoms with Crippen molar-refractivity contribution < 1.29 is 9.13 Å². The summed E-state index contributed by atoms with van der Waals surface area (Å²) in [7, 11) is 2.23. The van der Waals surface area contributed by atoms with Gasteiger partial charge in [0, 0.05) is 0 Å². The number of hydrogen-bond donors (Lipinski definition) is 0. The minimum atomic E-state index is 1.13. The lowest BCUT2D eigenvalue weighted by Gasteiger charge is -2.07. The molecule has 4 nitrogen and oxygen atoms in total. The zero-order chi connectivity index (χ0) is 25.1. The molecule has 2 heterocycles. The van der Waals surface area contributed by atoms with E-state index in [-0.39, 0.29) is 0 Å². The lowest BCUT2D eigenvalue weighted by atomic mass is 10.1. The maximum Gasteiger partial charge on any atom is 0.373 e. The average Bonchev–Trinajstić information content (AvgIpc) is 3.42. The molecule has 2 rings (SSSR count). The van der Waals surface area contributed by atoms with Gasteiger partial charge in [-0.05, 0) is 38.5 Å². The molecule has 0 fully saturated rings. The number of aromatic nitrogens is 4. The summed E-state index contributed by atoms with van der Waals surface area (Å²) < 4.78 is 9.96. The number of unbranched alkanes of at least 4 members (excludes halogenated alkanes) is 15. The monoisotopic (exact) mass is 486 g/mol. The second-order valence-electron chi connectivity index (χ2n) is 10.7. The van der Waals surface area contributed by atoms with E-state index in [4.69, 9.17) is 0 Å². The molecule has 0 N–H and O–H groups in total. The molecule has 0 radical (unpaired) electrons. The molecule has 200 valence electrons. The first-order valence-electron chi connectivity index (χ1n) is 15.4. The van der Waals surface area contributed by atoms with Crippen LogP contribution in [0.25, 0.3) is 11.6 Å². The van der Waals surface area contributed by atoms with Gasteiger partial charge in [-0.25, -0.2) is 18.3 Å². The standard InChI is InChI=1S/C31H58N4/c1-5-8-11-14-17-20-23-33-27-26-32(4)30(33)31-34(24-21-18-15-12-9-6-2)28-29-35(31)25-22-19-16-13-10-7-3/h26-29H,5-25H2,1-4H3/q+2. The van der Waals surface area contributed by atoms with E-state index in [1.807, 2.05) is 0 Å². The molecule has 0 aliphatic carbocycles. The fraction of sp³-hybridized carbons (Fsp3) is 0.806. The van der Waals surface area contributed by atoms with Crippen LogP contribution in [0.15, 0.2) is 24.8 Å². The van der Waals surface area contributed by atoms with Crippen LogP contribution in [0.5, 0.6) is 0 Å². The van der Waals surface area contributed by atoms with Crippen LogP contribution in [-0.4, -0.2) is 9.13 Å². The molecule has 0 unspecified atom stereocenters. The average molecular weight is 487 g/mol. The zero-order valence-electron chi connectivity index (χ0n) is 23.9. The van der Waals surface area contributed by atoms with Gasteiger partial charge in [-0.3, -0.25) is 0 Å². The van der Waals surface area contributed by atoms with Crippen molar-refractivity contribution in [1.29, 1.82) is 0 Å². The predicted molar refractivity (Wildman–Crippen MR) is 149 cm³/mol. The molecule has 0 amide bonds. The van der Waals surface area contributed by atoms with Crippen molar-refractivity contribution in [2.45, 2.75) is 156 Å². The second kappa shape index (κ2) is 18.7. The number of aryl methyl sites for hydroxylation is 4. The van der Waals surface area contributed by atoms with Gasteiger partial charge < -0.3 is 0 Å². The Morgan fingerprint density at radius 2 is 0.943 bits per heavy atom. The highest BCUT2D eigenvalue weighted by atomic mass is 15.2. The number of nitrogens with zero attached hydrogens (tertiary/aromatic N) is 4. The SMILES string of the molecule is CCCCCCCCn1cc[n+](C)c1-c1n(CCCCCCCC)cc[n+]1CCCCCCCC. The molecule has 0 saturated carbocycles. The van der Waals surface area contributed by atoms with Crippen molar-refractivity contribution in [3.05, 3.63) is 24.8 Å². The van der Waals surface area contributed by atoms with Crippen LogP contribution in [-0.2, 0) is 26.7 Å². The molecule has 0 aliphatic rings. The Balaban J connectivity index is 2.07. The van der Waals surface area contributed by atoms with Crippen LogP contribution >= 0.6 is 0 Å². The molecule has 0 aliphatic heterocycles. The summed E-state index contributed by atoms with van der Waals surface area (Å²) in [6.07, 6.45) is 33.6. The van der Waals surface area contributed by atoms with Crippen LogP contribution in [0.4, 0.5) is 0 Å². The van der Waals surface area contributed by atoms with E-state index >= 15 is 0 Å². The van der Waals surface area contributed by atoms with Crippen LogP contribution in [0.1, 0.15) is 136 Å². The molecular formula is C31H58N4+2. The fourth-order valence-corrected chi connectivity index (χ4v) is 5.26. The zero-order valence-corrected chi connectivity index (χ0v) is 23.9. The highest BCUT2D eigenvalue weighted by molar-refractivity contribution is 5.36. The summed E-state index contributed by atoms with van der Waals surface area (Å²) in [6.45, 7) is 10.3. The Morgan fingerprint density at radius 1 is 0.514 bits per heavy atom. The molecule has 0 bridgehead atoms. The van der Waals surface area contributed by atoms with Crippen molar-refractivity contribution in [2.24, 2.45) is 7.05 Å². The van der Waals surface area contributed by atoms with Gasteiger partial charge in [0.2, 0.25) is 0 Å². The quantitative estimate of drug-likeness (QED) is 0.118. The van der Waals surface area contributed by atoms with Crippen LogP contribution in [0.3, 0.4) is 0 Å². The predicted octanol–water partition coefficient (Wildman–Crippen LogP) is 8.15. The molecule has 2 aromatic rings. The molecule has 0 atom stereocenters. The third-order valence-corrected chi connectivity index (χ3v) is 7.50. The van der Waals surface area contributed by atoms with Crippen molar-refractivity contribution in [2.75, 3.05) is 0 Å². The second-order valence-corrected chi connectivity index (χ2v) is 10.7. The van der Waals surface area contributed by atoms with Gasteiger partial charge >= 0.3 is 11.6 Å².